The van der Waals surface area contributed by atoms with Gasteiger partial charge in [-0.2, -0.15) is 0 Å². The van der Waals surface area contributed by atoms with Crippen LogP contribution in [0.25, 0.3) is 22.1 Å². The highest BCUT2D eigenvalue weighted by Gasteiger charge is 2.35. The molecule has 1 fully saturated rings. The van der Waals surface area contributed by atoms with E-state index < -0.39 is 11.8 Å². The van der Waals surface area contributed by atoms with E-state index in [1.165, 1.54) is 6.07 Å². The van der Waals surface area contributed by atoms with Crippen LogP contribution in [-0.2, 0) is 15.3 Å². The predicted molar refractivity (Wildman–Crippen MR) is 83.3 cm³/mol. The van der Waals surface area contributed by atoms with E-state index >= 15 is 0 Å². The highest BCUT2D eigenvalue weighted by Crippen LogP contribution is 2.35. The highest BCUT2D eigenvalue weighted by atomic mass is 16.7. The summed E-state index contributed by atoms with van der Waals surface area (Å²) in [6.07, 6.45) is 0. The molecule has 23 heavy (non-hydrogen) atoms. The number of carbonyl (C=O) groups is 1. The molecule has 0 atom stereocenters. The second-order valence-corrected chi connectivity index (χ2v) is 5.52. The van der Waals surface area contributed by atoms with Crippen molar-refractivity contribution < 1.29 is 19.4 Å². The van der Waals surface area contributed by atoms with E-state index in [2.05, 4.69) is 9.97 Å². The fourth-order valence-corrected chi connectivity index (χ4v) is 2.93. The van der Waals surface area contributed by atoms with Gasteiger partial charge in [0.25, 0.3) is 0 Å². The van der Waals surface area contributed by atoms with Gasteiger partial charge in [-0.05, 0) is 25.1 Å². The Morgan fingerprint density at radius 2 is 1.65 bits per heavy atom. The van der Waals surface area contributed by atoms with Crippen LogP contribution in [0.3, 0.4) is 0 Å². The summed E-state index contributed by atoms with van der Waals surface area (Å²) in [7, 11) is 0. The van der Waals surface area contributed by atoms with Gasteiger partial charge in [0.05, 0.1) is 35.3 Å². The molecular formula is C17H14N2O4. The van der Waals surface area contributed by atoms with Crippen LogP contribution >= 0.6 is 0 Å². The van der Waals surface area contributed by atoms with Crippen molar-refractivity contribution in [3.05, 3.63) is 47.5 Å². The SMILES string of the molecule is CC1(c2cccc3nc4c(C(=O)O)cccc4nc23)OCCO1. The van der Waals surface area contributed by atoms with Gasteiger partial charge in [0.1, 0.15) is 5.52 Å². The van der Waals surface area contributed by atoms with Crippen LogP contribution in [0.2, 0.25) is 0 Å². The van der Waals surface area contributed by atoms with Crippen LogP contribution in [0, 0.1) is 0 Å². The number of fused-ring (bicyclic) bond motifs is 2. The smallest absolute Gasteiger partial charge is 0.337 e. The van der Waals surface area contributed by atoms with E-state index in [-0.39, 0.29) is 5.56 Å². The molecule has 0 radical (unpaired) electrons. The van der Waals surface area contributed by atoms with E-state index in [0.29, 0.717) is 35.3 Å². The summed E-state index contributed by atoms with van der Waals surface area (Å²) in [6.45, 7) is 2.91. The molecule has 0 spiro atoms. The average Bonchev–Trinajstić information content (AvgIpc) is 2.99. The average molecular weight is 310 g/mol. The van der Waals surface area contributed by atoms with Gasteiger partial charge < -0.3 is 14.6 Å². The number of carboxylic acid groups (broad SMARTS) is 1. The van der Waals surface area contributed by atoms with Crippen molar-refractivity contribution in [2.45, 2.75) is 12.7 Å². The Bertz CT molecular complexity index is 932. The summed E-state index contributed by atoms with van der Waals surface area (Å²) < 4.78 is 11.4. The Morgan fingerprint density at radius 1 is 1.04 bits per heavy atom. The molecule has 0 aliphatic carbocycles. The van der Waals surface area contributed by atoms with Crippen LogP contribution in [0.1, 0.15) is 22.8 Å². The van der Waals surface area contributed by atoms with Gasteiger partial charge in [0.15, 0.2) is 5.79 Å². The van der Waals surface area contributed by atoms with Gasteiger partial charge in [0.2, 0.25) is 0 Å². The van der Waals surface area contributed by atoms with Gasteiger partial charge >= 0.3 is 5.97 Å². The monoisotopic (exact) mass is 310 g/mol. The molecular weight excluding hydrogens is 296 g/mol. The molecule has 0 unspecified atom stereocenters. The third-order valence-corrected chi connectivity index (χ3v) is 4.05. The normalized spacial score (nSPS) is 16.9. The number of hydrogen-bond acceptors (Lipinski definition) is 5. The lowest BCUT2D eigenvalue weighted by molar-refractivity contribution is -0.148. The number of hydrogen-bond donors (Lipinski definition) is 1. The number of rotatable bonds is 2. The van der Waals surface area contributed by atoms with Crippen LogP contribution in [-0.4, -0.2) is 34.3 Å². The third-order valence-electron chi connectivity index (χ3n) is 4.05. The summed E-state index contributed by atoms with van der Waals surface area (Å²) >= 11 is 0. The van der Waals surface area contributed by atoms with Gasteiger partial charge in [-0.3, -0.25) is 0 Å². The van der Waals surface area contributed by atoms with Crippen LogP contribution in [0.5, 0.6) is 0 Å². The molecule has 2 heterocycles. The molecule has 1 aliphatic heterocycles. The van der Waals surface area contributed by atoms with E-state index in [1.807, 2.05) is 25.1 Å². The lowest BCUT2D eigenvalue weighted by atomic mass is 10.0. The summed E-state index contributed by atoms with van der Waals surface area (Å²) in [6, 6.07) is 10.5. The maximum Gasteiger partial charge on any atom is 0.337 e. The van der Waals surface area contributed by atoms with Gasteiger partial charge in [-0.1, -0.05) is 18.2 Å². The van der Waals surface area contributed by atoms with Crippen molar-refractivity contribution in [2.75, 3.05) is 13.2 Å². The zero-order chi connectivity index (χ0) is 16.0. The predicted octanol–water partition coefficient (Wildman–Crippen LogP) is 2.70. The Labute approximate surface area is 131 Å². The van der Waals surface area contributed by atoms with Gasteiger partial charge in [-0.15, -0.1) is 0 Å². The first-order valence-electron chi connectivity index (χ1n) is 7.30. The lowest BCUT2D eigenvalue weighted by Crippen LogP contribution is -2.23. The summed E-state index contributed by atoms with van der Waals surface area (Å²) in [4.78, 5) is 20.5. The molecule has 4 rings (SSSR count). The number of carboxylic acids is 1. The second kappa shape index (κ2) is 4.97. The number of nitrogens with zero attached hydrogens (tertiary/aromatic N) is 2. The molecule has 0 saturated carbocycles. The van der Waals surface area contributed by atoms with E-state index in [9.17, 15) is 9.90 Å². The molecule has 1 aliphatic rings. The van der Waals surface area contributed by atoms with Crippen LogP contribution in [0.15, 0.2) is 36.4 Å². The maximum atomic E-state index is 11.4. The third kappa shape index (κ3) is 2.15. The summed E-state index contributed by atoms with van der Waals surface area (Å²) in [5.41, 5.74) is 3.12. The van der Waals surface area contributed by atoms with Crippen molar-refractivity contribution in [1.82, 2.24) is 9.97 Å². The van der Waals surface area contributed by atoms with Gasteiger partial charge in [-0.25, -0.2) is 14.8 Å². The van der Waals surface area contributed by atoms with E-state index in [0.717, 1.165) is 5.56 Å². The number of para-hydroxylation sites is 2. The largest absolute Gasteiger partial charge is 0.478 e. The first kappa shape index (κ1) is 14.0. The van der Waals surface area contributed by atoms with Crippen molar-refractivity contribution in [3.8, 4) is 0 Å². The quantitative estimate of drug-likeness (QED) is 0.733. The van der Waals surface area contributed by atoms with Crippen molar-refractivity contribution >= 4 is 28.0 Å². The molecule has 2 aromatic carbocycles. The molecule has 6 heteroatoms. The minimum absolute atomic E-state index is 0.141. The fraction of sp³-hybridized carbons (Fsp3) is 0.235. The van der Waals surface area contributed by atoms with Crippen molar-refractivity contribution in [3.63, 3.8) is 0 Å². The molecule has 116 valence electrons. The Kier molecular flexibility index (Phi) is 3.04. The topological polar surface area (TPSA) is 81.5 Å². The Hall–Kier alpha value is -2.57. The van der Waals surface area contributed by atoms with Crippen LogP contribution in [0.4, 0.5) is 0 Å². The number of ether oxygens (including phenoxy) is 2. The zero-order valence-electron chi connectivity index (χ0n) is 12.4. The number of benzene rings is 2. The first-order valence-corrected chi connectivity index (χ1v) is 7.30. The molecule has 0 bridgehead atoms. The van der Waals surface area contributed by atoms with Crippen LogP contribution < -0.4 is 0 Å². The molecule has 1 aromatic heterocycles. The molecule has 1 N–H and O–H groups in total. The summed E-state index contributed by atoms with van der Waals surface area (Å²) in [5.74, 6) is -1.87. The minimum Gasteiger partial charge on any atom is -0.478 e. The molecule has 3 aromatic rings. The van der Waals surface area contributed by atoms with Crippen molar-refractivity contribution in [1.29, 1.82) is 0 Å². The van der Waals surface area contributed by atoms with Crippen molar-refractivity contribution in [2.24, 2.45) is 0 Å². The Balaban J connectivity index is 2.04. The number of aromatic nitrogens is 2. The summed E-state index contributed by atoms with van der Waals surface area (Å²) in [5, 5.41) is 9.32. The number of aromatic carboxylic acids is 1. The maximum absolute atomic E-state index is 11.4. The lowest BCUT2D eigenvalue weighted by Gasteiger charge is -2.23. The second-order valence-electron chi connectivity index (χ2n) is 5.52. The van der Waals surface area contributed by atoms with E-state index in [4.69, 9.17) is 9.47 Å². The molecule has 1 saturated heterocycles. The van der Waals surface area contributed by atoms with E-state index in [1.54, 1.807) is 12.1 Å². The zero-order valence-corrected chi connectivity index (χ0v) is 12.4. The molecule has 6 nitrogen and oxygen atoms in total. The first-order chi connectivity index (χ1) is 11.1. The molecule has 0 amide bonds. The highest BCUT2D eigenvalue weighted by molar-refractivity contribution is 6.02. The van der Waals surface area contributed by atoms with Gasteiger partial charge in [0, 0.05) is 5.56 Å². The minimum atomic E-state index is -1.02. The Morgan fingerprint density at radius 3 is 2.35 bits per heavy atom. The fourth-order valence-electron chi connectivity index (χ4n) is 2.93. The standard InChI is InChI=1S/C17H14N2O4/c1-17(22-8-9-23-17)11-5-3-7-13-15(11)19-12-6-2-4-10(16(20)21)14(12)18-13/h2-7H,8-9H2,1H3,(H,20,21).